The Morgan fingerprint density at radius 1 is 1.37 bits per heavy atom. The molecule has 0 radical (unpaired) electrons. The van der Waals surface area contributed by atoms with Gasteiger partial charge < -0.3 is 4.90 Å². The van der Waals surface area contributed by atoms with Gasteiger partial charge in [0.05, 0.1) is 6.07 Å². The van der Waals surface area contributed by atoms with Gasteiger partial charge in [0, 0.05) is 37.6 Å². The van der Waals surface area contributed by atoms with E-state index in [2.05, 4.69) is 26.9 Å². The molecule has 1 aromatic rings. The van der Waals surface area contributed by atoms with E-state index in [1.807, 2.05) is 29.2 Å². The van der Waals surface area contributed by atoms with Crippen molar-refractivity contribution >= 4 is 21.8 Å². The highest BCUT2D eigenvalue weighted by Crippen LogP contribution is 2.24. The number of benzene rings is 1. The Hall–Kier alpha value is -1.38. The summed E-state index contributed by atoms with van der Waals surface area (Å²) in [5.74, 6) is 0.107. The largest absolute Gasteiger partial charge is 0.340 e. The summed E-state index contributed by atoms with van der Waals surface area (Å²) < 4.78 is 0.979. The molecule has 0 bridgehead atoms. The lowest BCUT2D eigenvalue weighted by Gasteiger charge is -2.36. The van der Waals surface area contributed by atoms with Crippen LogP contribution in [0, 0.1) is 11.3 Å². The lowest BCUT2D eigenvalue weighted by molar-refractivity contribution is -0.130. The van der Waals surface area contributed by atoms with Gasteiger partial charge in [0.25, 0.3) is 0 Å². The van der Waals surface area contributed by atoms with Crippen molar-refractivity contribution in [3.05, 3.63) is 34.3 Å². The van der Waals surface area contributed by atoms with Gasteiger partial charge in [-0.1, -0.05) is 28.1 Å². The minimum atomic E-state index is -0.244. The van der Waals surface area contributed by atoms with Gasteiger partial charge in [-0.25, -0.2) is 0 Å². The van der Waals surface area contributed by atoms with Crippen LogP contribution in [0.15, 0.2) is 28.7 Å². The third kappa shape index (κ3) is 3.34. The van der Waals surface area contributed by atoms with Crippen LogP contribution >= 0.6 is 15.9 Å². The van der Waals surface area contributed by atoms with Crippen LogP contribution in [-0.4, -0.2) is 41.9 Å². The van der Waals surface area contributed by atoms with Gasteiger partial charge in [-0.2, -0.15) is 5.26 Å². The molecule has 4 nitrogen and oxygen atoms in total. The second-order valence-corrected chi connectivity index (χ2v) is 5.54. The third-order valence-electron chi connectivity index (χ3n) is 3.41. The molecule has 100 valence electrons. The summed E-state index contributed by atoms with van der Waals surface area (Å²) in [4.78, 5) is 15.2. The molecule has 0 saturated carbocycles. The highest BCUT2D eigenvalue weighted by molar-refractivity contribution is 9.10. The van der Waals surface area contributed by atoms with E-state index in [1.165, 1.54) is 0 Å². The Kier molecular flexibility index (Phi) is 4.56. The quantitative estimate of drug-likeness (QED) is 0.838. The van der Waals surface area contributed by atoms with Crippen molar-refractivity contribution in [3.63, 3.8) is 0 Å². The van der Waals surface area contributed by atoms with Crippen LogP contribution in [0.5, 0.6) is 0 Å². The summed E-state index contributed by atoms with van der Waals surface area (Å²) in [6, 6.07) is 9.95. The van der Waals surface area contributed by atoms with Gasteiger partial charge in [0.2, 0.25) is 5.91 Å². The Balaban J connectivity index is 2.08. The van der Waals surface area contributed by atoms with E-state index in [0.29, 0.717) is 13.1 Å². The number of amides is 1. The average Bonchev–Trinajstić information content (AvgIpc) is 2.40. The molecular weight excluding hydrogens is 306 g/mol. The molecule has 0 spiro atoms. The Morgan fingerprint density at radius 2 is 2.05 bits per heavy atom. The molecule has 1 atom stereocenters. The fourth-order valence-electron chi connectivity index (χ4n) is 2.34. The standard InChI is InChI=1S/C14H16BrN3O/c1-11(19)17-5-7-18(8-6-17)14(10-16)12-3-2-4-13(15)9-12/h2-4,9,14H,5-8H2,1H3. The van der Waals surface area contributed by atoms with Crippen molar-refractivity contribution in [2.45, 2.75) is 13.0 Å². The predicted octanol–water partition coefficient (Wildman–Crippen LogP) is 2.18. The topological polar surface area (TPSA) is 47.3 Å². The predicted molar refractivity (Wildman–Crippen MR) is 76.3 cm³/mol. The smallest absolute Gasteiger partial charge is 0.219 e. The molecule has 0 aromatic heterocycles. The van der Waals surface area contributed by atoms with E-state index in [4.69, 9.17) is 0 Å². The number of nitriles is 1. The van der Waals surface area contributed by atoms with Gasteiger partial charge in [0.1, 0.15) is 6.04 Å². The van der Waals surface area contributed by atoms with E-state index < -0.39 is 0 Å². The maximum atomic E-state index is 11.3. The fraction of sp³-hybridized carbons (Fsp3) is 0.429. The summed E-state index contributed by atoms with van der Waals surface area (Å²) >= 11 is 3.43. The molecule has 0 N–H and O–H groups in total. The molecule has 1 aliphatic rings. The molecule has 1 aromatic carbocycles. The van der Waals surface area contributed by atoms with Crippen molar-refractivity contribution in [1.82, 2.24) is 9.80 Å². The van der Waals surface area contributed by atoms with Crippen molar-refractivity contribution in [2.75, 3.05) is 26.2 Å². The van der Waals surface area contributed by atoms with Crippen LogP contribution in [0.1, 0.15) is 18.5 Å². The fourth-order valence-corrected chi connectivity index (χ4v) is 2.76. The highest BCUT2D eigenvalue weighted by Gasteiger charge is 2.25. The van der Waals surface area contributed by atoms with E-state index in [-0.39, 0.29) is 11.9 Å². The zero-order valence-corrected chi connectivity index (χ0v) is 12.4. The number of hydrogen-bond acceptors (Lipinski definition) is 3. The minimum Gasteiger partial charge on any atom is -0.340 e. The molecule has 1 saturated heterocycles. The number of carbonyl (C=O) groups is 1. The normalized spacial score (nSPS) is 17.8. The second-order valence-electron chi connectivity index (χ2n) is 4.63. The molecule has 5 heteroatoms. The van der Waals surface area contributed by atoms with Crippen molar-refractivity contribution < 1.29 is 4.79 Å². The highest BCUT2D eigenvalue weighted by atomic mass is 79.9. The molecule has 0 aliphatic carbocycles. The Labute approximate surface area is 121 Å². The number of carbonyl (C=O) groups excluding carboxylic acids is 1. The Bertz CT molecular complexity index is 504. The van der Waals surface area contributed by atoms with Crippen molar-refractivity contribution in [2.24, 2.45) is 0 Å². The van der Waals surface area contributed by atoms with Gasteiger partial charge in [-0.3, -0.25) is 9.69 Å². The van der Waals surface area contributed by atoms with E-state index in [0.717, 1.165) is 23.1 Å². The first-order valence-corrected chi connectivity index (χ1v) is 7.06. The first kappa shape index (κ1) is 14.0. The molecule has 1 unspecified atom stereocenters. The maximum Gasteiger partial charge on any atom is 0.219 e. The van der Waals surface area contributed by atoms with E-state index in [1.54, 1.807) is 6.92 Å². The SMILES string of the molecule is CC(=O)N1CCN(C(C#N)c2cccc(Br)c2)CC1. The van der Waals surface area contributed by atoms with E-state index in [9.17, 15) is 10.1 Å². The summed E-state index contributed by atoms with van der Waals surface area (Å²) in [5, 5.41) is 9.41. The minimum absolute atomic E-state index is 0.107. The first-order valence-electron chi connectivity index (χ1n) is 6.26. The lowest BCUT2D eigenvalue weighted by atomic mass is 10.1. The summed E-state index contributed by atoms with van der Waals surface area (Å²) in [7, 11) is 0. The lowest BCUT2D eigenvalue weighted by Crippen LogP contribution is -2.48. The first-order chi connectivity index (χ1) is 9.11. The average molecular weight is 322 g/mol. The third-order valence-corrected chi connectivity index (χ3v) is 3.90. The maximum absolute atomic E-state index is 11.3. The summed E-state index contributed by atoms with van der Waals surface area (Å²) in [5.41, 5.74) is 0.994. The van der Waals surface area contributed by atoms with Crippen molar-refractivity contribution in [1.29, 1.82) is 5.26 Å². The molecule has 2 rings (SSSR count). The molecular formula is C14H16BrN3O. The van der Waals surface area contributed by atoms with E-state index >= 15 is 0 Å². The van der Waals surface area contributed by atoms with Gasteiger partial charge in [-0.15, -0.1) is 0 Å². The summed E-state index contributed by atoms with van der Waals surface area (Å²) in [6.45, 7) is 4.46. The molecule has 1 fully saturated rings. The number of halogens is 1. The van der Waals surface area contributed by atoms with Crippen LogP contribution in [-0.2, 0) is 4.79 Å². The van der Waals surface area contributed by atoms with Crippen LogP contribution in [0.3, 0.4) is 0 Å². The number of nitrogens with zero attached hydrogens (tertiary/aromatic N) is 3. The number of piperazine rings is 1. The monoisotopic (exact) mass is 321 g/mol. The van der Waals surface area contributed by atoms with Crippen LogP contribution < -0.4 is 0 Å². The zero-order chi connectivity index (χ0) is 13.8. The number of rotatable bonds is 2. The molecule has 1 amide bonds. The van der Waals surface area contributed by atoms with Crippen LogP contribution in [0.2, 0.25) is 0 Å². The van der Waals surface area contributed by atoms with Crippen LogP contribution in [0.4, 0.5) is 0 Å². The van der Waals surface area contributed by atoms with Gasteiger partial charge >= 0.3 is 0 Å². The number of hydrogen-bond donors (Lipinski definition) is 0. The second kappa shape index (κ2) is 6.18. The van der Waals surface area contributed by atoms with Gasteiger partial charge in [0.15, 0.2) is 0 Å². The summed E-state index contributed by atoms with van der Waals surface area (Å²) in [6.07, 6.45) is 0. The van der Waals surface area contributed by atoms with Crippen molar-refractivity contribution in [3.8, 4) is 6.07 Å². The van der Waals surface area contributed by atoms with Gasteiger partial charge in [-0.05, 0) is 17.7 Å². The molecule has 19 heavy (non-hydrogen) atoms. The zero-order valence-electron chi connectivity index (χ0n) is 10.8. The molecule has 1 heterocycles. The molecule has 1 aliphatic heterocycles. The van der Waals surface area contributed by atoms with Crippen LogP contribution in [0.25, 0.3) is 0 Å². The Morgan fingerprint density at radius 3 is 2.58 bits per heavy atom.